The van der Waals surface area contributed by atoms with Gasteiger partial charge in [-0.2, -0.15) is 0 Å². The predicted molar refractivity (Wildman–Crippen MR) is 86.1 cm³/mol. The Morgan fingerprint density at radius 3 is 2.20 bits per heavy atom. The van der Waals surface area contributed by atoms with E-state index in [0.29, 0.717) is 16.2 Å². The van der Waals surface area contributed by atoms with Gasteiger partial charge < -0.3 is 25.4 Å². The minimum Gasteiger partial charge on any atom is -0.482 e. The number of anilines is 1. The van der Waals surface area contributed by atoms with E-state index in [1.807, 2.05) is 5.32 Å². The van der Waals surface area contributed by atoms with Gasteiger partial charge in [-0.3, -0.25) is 4.79 Å². The molecule has 25 heavy (non-hydrogen) atoms. The van der Waals surface area contributed by atoms with Gasteiger partial charge in [0.15, 0.2) is 6.61 Å². The molecule has 2 rings (SSSR count). The number of aromatic carboxylic acids is 1. The van der Waals surface area contributed by atoms with Gasteiger partial charge >= 0.3 is 23.8 Å². The summed E-state index contributed by atoms with van der Waals surface area (Å²) in [7, 11) is 0. The first-order valence-electron chi connectivity index (χ1n) is 6.64. The summed E-state index contributed by atoms with van der Waals surface area (Å²) in [5.41, 5.74) is 0.470. The summed E-state index contributed by atoms with van der Waals surface area (Å²) in [6.07, 6.45) is 0. The molecule has 0 unspecified atom stereocenters. The van der Waals surface area contributed by atoms with Crippen LogP contribution in [0.5, 0.6) is 5.75 Å². The van der Waals surface area contributed by atoms with Crippen LogP contribution in [0, 0.1) is 0 Å². The van der Waals surface area contributed by atoms with Gasteiger partial charge in [0.05, 0.1) is 5.69 Å². The monoisotopic (exact) mass is 365 g/mol. The molecular formula is C15H11NO8S. The Morgan fingerprint density at radius 1 is 1.04 bits per heavy atom. The Hall–Kier alpha value is -3.40. The van der Waals surface area contributed by atoms with Crippen molar-refractivity contribution >= 4 is 40.8 Å². The number of aliphatic carboxylic acids is 2. The maximum atomic E-state index is 11.3. The zero-order chi connectivity index (χ0) is 18.6. The highest BCUT2D eigenvalue weighted by atomic mass is 32.1. The first-order valence-corrected chi connectivity index (χ1v) is 7.46. The second kappa shape index (κ2) is 7.45. The molecule has 10 heteroatoms. The fourth-order valence-electron chi connectivity index (χ4n) is 1.82. The molecule has 0 atom stereocenters. The van der Waals surface area contributed by atoms with Crippen molar-refractivity contribution in [2.45, 2.75) is 0 Å². The van der Waals surface area contributed by atoms with Gasteiger partial charge in [-0.15, -0.1) is 11.3 Å². The summed E-state index contributed by atoms with van der Waals surface area (Å²) in [5, 5.41) is 28.4. The van der Waals surface area contributed by atoms with E-state index >= 15 is 0 Å². The van der Waals surface area contributed by atoms with Gasteiger partial charge in [0, 0.05) is 4.88 Å². The number of rotatable bonds is 6. The smallest absolute Gasteiger partial charge is 0.394 e. The van der Waals surface area contributed by atoms with E-state index in [9.17, 15) is 24.3 Å². The Morgan fingerprint density at radius 2 is 1.68 bits per heavy atom. The number of nitrogens with one attached hydrogen (secondary N) is 1. The van der Waals surface area contributed by atoms with Gasteiger partial charge in [-0.05, 0) is 35.9 Å². The molecule has 0 radical (unpaired) electrons. The molecule has 0 aliphatic carbocycles. The van der Waals surface area contributed by atoms with Gasteiger partial charge in [-0.1, -0.05) is 0 Å². The number of benzene rings is 1. The topological polar surface area (TPSA) is 150 Å². The SMILES string of the molecule is O=C(O)COc1ccc(-c2cc(NC(=O)C(=O)O)c(C(=O)O)s2)cc1. The van der Waals surface area contributed by atoms with E-state index in [2.05, 4.69) is 0 Å². The van der Waals surface area contributed by atoms with Crippen molar-refractivity contribution in [3.63, 3.8) is 0 Å². The molecule has 130 valence electrons. The number of hydrogen-bond donors (Lipinski definition) is 4. The summed E-state index contributed by atoms with van der Waals surface area (Å²) < 4.78 is 4.99. The summed E-state index contributed by atoms with van der Waals surface area (Å²) >= 11 is 0.856. The molecule has 0 fully saturated rings. The molecule has 9 nitrogen and oxygen atoms in total. The van der Waals surface area contributed by atoms with E-state index in [1.165, 1.54) is 18.2 Å². The normalized spacial score (nSPS) is 10.1. The van der Waals surface area contributed by atoms with Crippen LogP contribution >= 0.6 is 11.3 Å². The second-order valence-corrected chi connectivity index (χ2v) is 5.68. The van der Waals surface area contributed by atoms with Crippen LogP contribution < -0.4 is 10.1 Å². The van der Waals surface area contributed by atoms with Crippen LogP contribution in [0.1, 0.15) is 9.67 Å². The Kier molecular flexibility index (Phi) is 5.35. The highest BCUT2D eigenvalue weighted by Crippen LogP contribution is 2.35. The van der Waals surface area contributed by atoms with E-state index in [-0.39, 0.29) is 10.6 Å². The number of carboxylic acids is 3. The first-order chi connectivity index (χ1) is 11.8. The fourth-order valence-corrected chi connectivity index (χ4v) is 2.78. The predicted octanol–water partition coefficient (Wildman–Crippen LogP) is 1.60. The molecule has 0 bridgehead atoms. The average molecular weight is 365 g/mol. The number of carbonyl (C=O) groups is 4. The van der Waals surface area contributed by atoms with Crippen molar-refractivity contribution in [1.82, 2.24) is 0 Å². The quantitative estimate of drug-likeness (QED) is 0.564. The van der Waals surface area contributed by atoms with Gasteiger partial charge in [-0.25, -0.2) is 14.4 Å². The maximum Gasteiger partial charge on any atom is 0.394 e. The number of carboxylic acid groups (broad SMARTS) is 3. The van der Waals surface area contributed by atoms with Crippen LogP contribution in [0.3, 0.4) is 0 Å². The highest BCUT2D eigenvalue weighted by molar-refractivity contribution is 7.18. The second-order valence-electron chi connectivity index (χ2n) is 4.62. The van der Waals surface area contributed by atoms with Crippen molar-refractivity contribution in [2.75, 3.05) is 11.9 Å². The minimum atomic E-state index is -1.73. The molecular weight excluding hydrogens is 354 g/mol. The number of ether oxygens (including phenoxy) is 1. The maximum absolute atomic E-state index is 11.3. The van der Waals surface area contributed by atoms with Crippen molar-refractivity contribution < 1.29 is 39.2 Å². The molecule has 1 amide bonds. The van der Waals surface area contributed by atoms with E-state index in [0.717, 1.165) is 11.3 Å². The van der Waals surface area contributed by atoms with Gasteiger partial charge in [0.25, 0.3) is 0 Å². The number of amides is 1. The van der Waals surface area contributed by atoms with Crippen LogP contribution in [-0.2, 0) is 14.4 Å². The van der Waals surface area contributed by atoms with Crippen molar-refractivity contribution in [2.24, 2.45) is 0 Å². The lowest BCUT2D eigenvalue weighted by atomic mass is 10.2. The fraction of sp³-hybridized carbons (Fsp3) is 0.0667. The number of carbonyl (C=O) groups excluding carboxylic acids is 1. The summed E-state index contributed by atoms with van der Waals surface area (Å²) in [5.74, 6) is -5.18. The first kappa shape index (κ1) is 17.9. The number of hydrogen-bond acceptors (Lipinski definition) is 6. The zero-order valence-electron chi connectivity index (χ0n) is 12.4. The molecule has 1 aromatic heterocycles. The number of thiophene rings is 1. The van der Waals surface area contributed by atoms with E-state index in [1.54, 1.807) is 12.1 Å². The van der Waals surface area contributed by atoms with Crippen molar-refractivity contribution in [1.29, 1.82) is 0 Å². The Bertz CT molecular complexity index is 840. The molecule has 0 aliphatic heterocycles. The van der Waals surface area contributed by atoms with Crippen LogP contribution in [0.15, 0.2) is 30.3 Å². The van der Waals surface area contributed by atoms with Gasteiger partial charge in [0.2, 0.25) is 0 Å². The largest absolute Gasteiger partial charge is 0.482 e. The van der Waals surface area contributed by atoms with Crippen LogP contribution in [0.4, 0.5) is 5.69 Å². The third-order valence-corrected chi connectivity index (χ3v) is 4.04. The zero-order valence-corrected chi connectivity index (χ0v) is 13.2. The molecule has 0 aliphatic rings. The molecule has 0 spiro atoms. The highest BCUT2D eigenvalue weighted by Gasteiger charge is 2.20. The van der Waals surface area contributed by atoms with Crippen LogP contribution in [-0.4, -0.2) is 45.7 Å². The van der Waals surface area contributed by atoms with Crippen LogP contribution in [0.25, 0.3) is 10.4 Å². The standard InChI is InChI=1S/C15H11NO8S/c17-11(18)6-24-8-3-1-7(2-4-8)10-5-9(12(25-10)14(20)21)16-13(19)15(22)23/h1-5H,6H2,(H,16,19)(H,17,18)(H,20,21)(H,22,23). The summed E-state index contributed by atoms with van der Waals surface area (Å²) in [4.78, 5) is 43.8. The van der Waals surface area contributed by atoms with Crippen LogP contribution in [0.2, 0.25) is 0 Å². The lowest BCUT2D eigenvalue weighted by molar-refractivity contribution is -0.147. The third-order valence-electron chi connectivity index (χ3n) is 2.87. The summed E-state index contributed by atoms with van der Waals surface area (Å²) in [6, 6.07) is 7.53. The Balaban J connectivity index is 2.27. The van der Waals surface area contributed by atoms with Gasteiger partial charge in [0.1, 0.15) is 10.6 Å². The van der Waals surface area contributed by atoms with Crippen molar-refractivity contribution in [3.05, 3.63) is 35.2 Å². The Labute approximate surface area is 144 Å². The molecule has 1 aromatic carbocycles. The molecule has 0 saturated carbocycles. The minimum absolute atomic E-state index is 0.119. The van der Waals surface area contributed by atoms with E-state index in [4.69, 9.17) is 14.9 Å². The lowest BCUT2D eigenvalue weighted by Gasteiger charge is -2.03. The van der Waals surface area contributed by atoms with E-state index < -0.39 is 30.4 Å². The molecule has 2 aromatic rings. The molecule has 4 N–H and O–H groups in total. The lowest BCUT2D eigenvalue weighted by Crippen LogP contribution is -2.22. The molecule has 0 saturated heterocycles. The van der Waals surface area contributed by atoms with Crippen molar-refractivity contribution in [3.8, 4) is 16.2 Å². The molecule has 1 heterocycles. The average Bonchev–Trinajstić information content (AvgIpc) is 2.97. The summed E-state index contributed by atoms with van der Waals surface area (Å²) in [6.45, 7) is -0.493. The third kappa shape index (κ3) is 4.54.